The van der Waals surface area contributed by atoms with Gasteiger partial charge in [0.25, 0.3) is 0 Å². The van der Waals surface area contributed by atoms with Gasteiger partial charge in [0.1, 0.15) is 5.78 Å². The summed E-state index contributed by atoms with van der Waals surface area (Å²) in [6, 6.07) is 0. The number of Topliss-reactive ketones (excluding diaryl/α,β-unsaturated/α-hetero) is 1. The van der Waals surface area contributed by atoms with E-state index < -0.39 is 0 Å². The van der Waals surface area contributed by atoms with Crippen molar-refractivity contribution in [2.45, 2.75) is 118 Å². The molecule has 0 heterocycles. The molecule has 178 valence electrons. The maximum atomic E-state index is 13.3. The number of aliphatic hydroxyl groups is 1. The zero-order valence-corrected chi connectivity index (χ0v) is 21.3. The minimum absolute atomic E-state index is 0.125. The van der Waals surface area contributed by atoms with Crippen molar-refractivity contribution in [3.05, 3.63) is 0 Å². The Morgan fingerprint density at radius 3 is 2.32 bits per heavy atom. The van der Waals surface area contributed by atoms with Crippen LogP contribution in [0.2, 0.25) is 0 Å². The van der Waals surface area contributed by atoms with Crippen LogP contribution in [0, 0.1) is 58.2 Å². The van der Waals surface area contributed by atoms with E-state index in [-0.39, 0.29) is 17.4 Å². The Bertz CT molecular complexity index is 655. The zero-order chi connectivity index (χ0) is 22.6. The third-order valence-electron chi connectivity index (χ3n) is 11.6. The second-order valence-electron chi connectivity index (χ2n) is 13.2. The summed E-state index contributed by atoms with van der Waals surface area (Å²) in [5, 5.41) is 10.3. The minimum atomic E-state index is -0.248. The molecular weight excluding hydrogens is 380 g/mol. The Labute approximate surface area is 192 Å². The minimum Gasteiger partial charge on any atom is -0.393 e. The summed E-state index contributed by atoms with van der Waals surface area (Å²) < 4.78 is 0. The predicted molar refractivity (Wildman–Crippen MR) is 129 cm³/mol. The summed E-state index contributed by atoms with van der Waals surface area (Å²) >= 11 is 0. The largest absolute Gasteiger partial charge is 0.393 e. The molecule has 2 heteroatoms. The zero-order valence-electron chi connectivity index (χ0n) is 21.3. The monoisotopic (exact) mass is 430 g/mol. The molecule has 0 radical (unpaired) electrons. The molecule has 0 aliphatic heterocycles. The van der Waals surface area contributed by atoms with Crippen molar-refractivity contribution in [1.29, 1.82) is 0 Å². The average Bonchev–Trinajstić information content (AvgIpc) is 3.07. The maximum Gasteiger partial charge on any atom is 0.136 e. The van der Waals surface area contributed by atoms with E-state index in [9.17, 15) is 9.90 Å². The summed E-state index contributed by atoms with van der Waals surface area (Å²) in [6.07, 6.45) is 12.8. The lowest BCUT2D eigenvalue weighted by atomic mass is 9.44. The van der Waals surface area contributed by atoms with E-state index in [2.05, 4.69) is 41.5 Å². The third kappa shape index (κ3) is 3.95. The molecule has 0 aromatic carbocycles. The smallest absolute Gasteiger partial charge is 0.136 e. The number of aliphatic hydroxyl groups excluding tert-OH is 1. The fraction of sp³-hybridized carbons (Fsp3) is 0.966. The molecule has 4 aliphatic carbocycles. The molecule has 0 bridgehead atoms. The molecule has 10 atom stereocenters. The van der Waals surface area contributed by atoms with Gasteiger partial charge in [-0.25, -0.2) is 0 Å². The van der Waals surface area contributed by atoms with Gasteiger partial charge in [0.05, 0.1) is 6.10 Å². The normalized spacial score (nSPS) is 46.9. The topological polar surface area (TPSA) is 37.3 Å². The number of fused-ring (bicyclic) bond motifs is 5. The van der Waals surface area contributed by atoms with Crippen molar-refractivity contribution < 1.29 is 9.90 Å². The van der Waals surface area contributed by atoms with Crippen molar-refractivity contribution in [3.63, 3.8) is 0 Å². The van der Waals surface area contributed by atoms with Gasteiger partial charge in [0.2, 0.25) is 0 Å². The van der Waals surface area contributed by atoms with E-state index in [0.29, 0.717) is 23.0 Å². The van der Waals surface area contributed by atoms with Crippen LogP contribution in [0.4, 0.5) is 0 Å². The van der Waals surface area contributed by atoms with Crippen molar-refractivity contribution >= 4 is 5.78 Å². The van der Waals surface area contributed by atoms with E-state index in [4.69, 9.17) is 0 Å². The summed E-state index contributed by atoms with van der Waals surface area (Å²) in [6.45, 7) is 14.7. The van der Waals surface area contributed by atoms with Gasteiger partial charge in [0, 0.05) is 12.3 Å². The van der Waals surface area contributed by atoms with Gasteiger partial charge < -0.3 is 5.11 Å². The van der Waals surface area contributed by atoms with Gasteiger partial charge in [-0.3, -0.25) is 4.79 Å². The Morgan fingerprint density at radius 2 is 1.65 bits per heavy atom. The first-order chi connectivity index (χ1) is 14.6. The molecular formula is C29H50O2. The number of hydrogen-bond donors (Lipinski definition) is 1. The van der Waals surface area contributed by atoms with Crippen molar-refractivity contribution in [3.8, 4) is 0 Å². The second kappa shape index (κ2) is 8.77. The molecule has 4 rings (SSSR count). The number of hydrogen-bond acceptors (Lipinski definition) is 2. The van der Waals surface area contributed by atoms with Crippen LogP contribution in [0.25, 0.3) is 0 Å². The van der Waals surface area contributed by atoms with Gasteiger partial charge in [-0.1, -0.05) is 54.4 Å². The first-order valence-electron chi connectivity index (χ1n) is 13.8. The summed E-state index contributed by atoms with van der Waals surface area (Å²) in [4.78, 5) is 13.3. The standard InChI is InChI=1S/C29H50O2/c1-7-20(18(2)3)9-8-19(4)23-10-11-24-22-17-27(31)26-16-21(30)12-14-29(26,6)25(22)13-15-28(23,24)5/h18-26,30H,7-17H2,1-6H3/t19-,20-,21+,22+,23-,24+,25+,26?,28-,29-/m1/s1. The fourth-order valence-corrected chi connectivity index (χ4v) is 9.68. The molecule has 0 spiro atoms. The summed E-state index contributed by atoms with van der Waals surface area (Å²) in [5.74, 6) is 6.02. The van der Waals surface area contributed by atoms with Gasteiger partial charge in [-0.15, -0.1) is 0 Å². The highest BCUT2D eigenvalue weighted by atomic mass is 16.3. The Balaban J connectivity index is 1.49. The fourth-order valence-electron chi connectivity index (χ4n) is 9.68. The SMILES string of the molecule is CC[C@H](CC[C@@H](C)[C@H]1CC[C@H]2[C@@H]3CC(=O)C4C[C@@H](O)CC[C@]4(C)[C@H]3CC[C@]12C)C(C)C. The van der Waals surface area contributed by atoms with E-state index in [1.54, 1.807) is 0 Å². The van der Waals surface area contributed by atoms with Gasteiger partial charge in [0.15, 0.2) is 0 Å². The highest BCUT2D eigenvalue weighted by Gasteiger charge is 2.62. The van der Waals surface area contributed by atoms with E-state index >= 15 is 0 Å². The molecule has 4 aliphatic rings. The molecule has 4 fully saturated rings. The van der Waals surface area contributed by atoms with Gasteiger partial charge in [-0.05, 0) is 104 Å². The molecule has 4 saturated carbocycles. The predicted octanol–water partition coefficient (Wildman–Crippen LogP) is 7.28. The average molecular weight is 431 g/mol. The van der Waals surface area contributed by atoms with Crippen LogP contribution in [-0.2, 0) is 4.79 Å². The van der Waals surface area contributed by atoms with Crippen LogP contribution >= 0.6 is 0 Å². The first-order valence-corrected chi connectivity index (χ1v) is 13.8. The van der Waals surface area contributed by atoms with Gasteiger partial charge >= 0.3 is 0 Å². The molecule has 0 aromatic rings. The van der Waals surface area contributed by atoms with E-state index in [1.807, 2.05) is 0 Å². The number of rotatable bonds is 6. The Hall–Kier alpha value is -0.370. The van der Waals surface area contributed by atoms with E-state index in [1.165, 1.54) is 44.9 Å². The highest BCUT2D eigenvalue weighted by Crippen LogP contribution is 2.67. The lowest BCUT2D eigenvalue weighted by Crippen LogP contribution is -2.57. The first kappa shape index (κ1) is 23.8. The van der Waals surface area contributed by atoms with Crippen molar-refractivity contribution in [1.82, 2.24) is 0 Å². The molecule has 0 aromatic heterocycles. The lowest BCUT2D eigenvalue weighted by molar-refractivity contribution is -0.160. The maximum absolute atomic E-state index is 13.3. The van der Waals surface area contributed by atoms with Crippen LogP contribution in [0.5, 0.6) is 0 Å². The third-order valence-corrected chi connectivity index (χ3v) is 11.6. The van der Waals surface area contributed by atoms with E-state index in [0.717, 1.165) is 55.3 Å². The molecule has 0 amide bonds. The molecule has 1 N–H and O–H groups in total. The molecule has 1 unspecified atom stereocenters. The van der Waals surface area contributed by atoms with Crippen LogP contribution in [-0.4, -0.2) is 17.0 Å². The van der Waals surface area contributed by atoms with Crippen LogP contribution in [0.15, 0.2) is 0 Å². The second-order valence-corrected chi connectivity index (χ2v) is 13.2. The van der Waals surface area contributed by atoms with Crippen molar-refractivity contribution in [2.75, 3.05) is 0 Å². The molecule has 0 saturated heterocycles. The summed E-state index contributed by atoms with van der Waals surface area (Å²) in [5.41, 5.74) is 0.591. The molecule has 31 heavy (non-hydrogen) atoms. The number of carbonyl (C=O) groups is 1. The Morgan fingerprint density at radius 1 is 0.968 bits per heavy atom. The van der Waals surface area contributed by atoms with Crippen LogP contribution < -0.4 is 0 Å². The highest BCUT2D eigenvalue weighted by molar-refractivity contribution is 5.83. The van der Waals surface area contributed by atoms with Crippen molar-refractivity contribution in [2.24, 2.45) is 58.2 Å². The quantitative estimate of drug-likeness (QED) is 0.480. The van der Waals surface area contributed by atoms with Gasteiger partial charge in [-0.2, -0.15) is 0 Å². The lowest BCUT2D eigenvalue weighted by Gasteiger charge is -2.60. The van der Waals surface area contributed by atoms with Crippen LogP contribution in [0.1, 0.15) is 112 Å². The van der Waals surface area contributed by atoms with Crippen LogP contribution in [0.3, 0.4) is 0 Å². The number of carbonyl (C=O) groups excluding carboxylic acids is 1. The molecule has 2 nitrogen and oxygen atoms in total. The summed E-state index contributed by atoms with van der Waals surface area (Å²) in [7, 11) is 0. The number of ketones is 1. The Kier molecular flexibility index (Phi) is 6.73.